The molecule has 2 heteroatoms. The van der Waals surface area contributed by atoms with E-state index in [1.807, 2.05) is 18.2 Å². The summed E-state index contributed by atoms with van der Waals surface area (Å²) in [6.45, 7) is 1.25. The maximum Gasteiger partial charge on any atom is 0.0685 e. The monoisotopic (exact) mass is 177 g/mol. The van der Waals surface area contributed by atoms with Gasteiger partial charge in [0.25, 0.3) is 0 Å². The number of nitrogens with one attached hydrogen (secondary N) is 1. The maximum absolute atomic E-state index is 9.15. The molecule has 1 atom stereocenters. The van der Waals surface area contributed by atoms with Gasteiger partial charge in [-0.3, -0.25) is 0 Å². The van der Waals surface area contributed by atoms with E-state index >= 15 is 0 Å². The van der Waals surface area contributed by atoms with Crippen molar-refractivity contribution in [1.29, 1.82) is 0 Å². The zero-order chi connectivity index (χ0) is 9.10. The highest BCUT2D eigenvalue weighted by Gasteiger charge is 2.17. The maximum atomic E-state index is 9.15. The molecule has 1 fully saturated rings. The molecule has 0 aromatic heterocycles. The third-order valence-electron chi connectivity index (χ3n) is 2.66. The quantitative estimate of drug-likeness (QED) is 0.719. The molecule has 0 amide bonds. The topological polar surface area (TPSA) is 32.3 Å². The summed E-state index contributed by atoms with van der Waals surface area (Å²) in [4.78, 5) is 0. The van der Waals surface area contributed by atoms with Crippen LogP contribution in [0.3, 0.4) is 0 Å². The van der Waals surface area contributed by atoms with Gasteiger partial charge in [0.1, 0.15) is 0 Å². The number of aliphatic hydroxyl groups is 1. The van der Waals surface area contributed by atoms with Crippen molar-refractivity contribution in [1.82, 2.24) is 5.32 Å². The van der Waals surface area contributed by atoms with Crippen LogP contribution in [0, 0.1) is 0 Å². The van der Waals surface area contributed by atoms with Crippen LogP contribution in [0.1, 0.15) is 30.0 Å². The molecule has 1 unspecified atom stereocenters. The summed E-state index contributed by atoms with van der Waals surface area (Å²) in [5.74, 6) is 0. The van der Waals surface area contributed by atoms with Crippen LogP contribution in [-0.2, 0) is 6.61 Å². The number of hydrogen-bond acceptors (Lipinski definition) is 2. The summed E-state index contributed by atoms with van der Waals surface area (Å²) in [5, 5.41) is 12.6. The highest BCUT2D eigenvalue weighted by atomic mass is 16.3. The fourth-order valence-corrected chi connectivity index (χ4v) is 1.97. The Morgan fingerprint density at radius 1 is 1.38 bits per heavy atom. The SMILES string of the molecule is OCc1ccccc1C1CCCN1. The van der Waals surface area contributed by atoms with Gasteiger partial charge in [0.15, 0.2) is 0 Å². The molecule has 0 saturated carbocycles. The van der Waals surface area contributed by atoms with Crippen molar-refractivity contribution in [3.63, 3.8) is 0 Å². The molecule has 0 bridgehead atoms. The molecule has 2 N–H and O–H groups in total. The van der Waals surface area contributed by atoms with Gasteiger partial charge in [-0.1, -0.05) is 24.3 Å². The zero-order valence-corrected chi connectivity index (χ0v) is 7.66. The summed E-state index contributed by atoms with van der Waals surface area (Å²) in [6.07, 6.45) is 2.43. The summed E-state index contributed by atoms with van der Waals surface area (Å²) in [7, 11) is 0. The molecule has 1 aliphatic heterocycles. The second-order valence-electron chi connectivity index (χ2n) is 3.51. The highest BCUT2D eigenvalue weighted by molar-refractivity contribution is 5.29. The van der Waals surface area contributed by atoms with Crippen molar-refractivity contribution in [2.24, 2.45) is 0 Å². The molecule has 1 saturated heterocycles. The van der Waals surface area contributed by atoms with Crippen LogP contribution in [0.2, 0.25) is 0 Å². The summed E-state index contributed by atoms with van der Waals surface area (Å²) in [5.41, 5.74) is 2.32. The van der Waals surface area contributed by atoms with Crippen LogP contribution < -0.4 is 5.32 Å². The summed E-state index contributed by atoms with van der Waals surface area (Å²) in [6, 6.07) is 8.57. The summed E-state index contributed by atoms with van der Waals surface area (Å²) < 4.78 is 0. The molecule has 0 aliphatic carbocycles. The van der Waals surface area contributed by atoms with Crippen molar-refractivity contribution in [3.8, 4) is 0 Å². The standard InChI is InChI=1S/C11H15NO/c13-8-9-4-1-2-5-10(9)11-6-3-7-12-11/h1-2,4-5,11-13H,3,6-8H2. The average molecular weight is 177 g/mol. The van der Waals surface area contributed by atoms with Crippen molar-refractivity contribution in [2.45, 2.75) is 25.5 Å². The minimum atomic E-state index is 0.147. The smallest absolute Gasteiger partial charge is 0.0685 e. The van der Waals surface area contributed by atoms with E-state index in [1.54, 1.807) is 0 Å². The van der Waals surface area contributed by atoms with Crippen molar-refractivity contribution < 1.29 is 5.11 Å². The molecule has 70 valence electrons. The third-order valence-corrected chi connectivity index (χ3v) is 2.66. The van der Waals surface area contributed by atoms with Gasteiger partial charge in [-0.05, 0) is 30.5 Å². The lowest BCUT2D eigenvalue weighted by Gasteiger charge is -2.14. The van der Waals surface area contributed by atoms with Gasteiger partial charge in [0, 0.05) is 6.04 Å². The first-order valence-corrected chi connectivity index (χ1v) is 4.84. The number of rotatable bonds is 2. The van der Waals surface area contributed by atoms with Crippen LogP contribution >= 0.6 is 0 Å². The van der Waals surface area contributed by atoms with Crippen LogP contribution in [0.4, 0.5) is 0 Å². The van der Waals surface area contributed by atoms with Gasteiger partial charge in [0.05, 0.1) is 6.61 Å². The Morgan fingerprint density at radius 2 is 2.23 bits per heavy atom. The first kappa shape index (κ1) is 8.73. The molecule has 2 nitrogen and oxygen atoms in total. The van der Waals surface area contributed by atoms with Gasteiger partial charge in [0.2, 0.25) is 0 Å². The Balaban J connectivity index is 2.26. The largest absolute Gasteiger partial charge is 0.392 e. The van der Waals surface area contributed by atoms with Gasteiger partial charge in [-0.15, -0.1) is 0 Å². The molecular formula is C11H15NO. The highest BCUT2D eigenvalue weighted by Crippen LogP contribution is 2.25. The van der Waals surface area contributed by atoms with Gasteiger partial charge >= 0.3 is 0 Å². The van der Waals surface area contributed by atoms with E-state index in [1.165, 1.54) is 18.4 Å². The first-order chi connectivity index (χ1) is 6.42. The number of hydrogen-bond donors (Lipinski definition) is 2. The van der Waals surface area contributed by atoms with E-state index in [4.69, 9.17) is 5.11 Å². The van der Waals surface area contributed by atoms with Crippen molar-refractivity contribution >= 4 is 0 Å². The van der Waals surface area contributed by atoms with E-state index in [2.05, 4.69) is 11.4 Å². The number of aliphatic hydroxyl groups excluding tert-OH is 1. The van der Waals surface area contributed by atoms with Crippen molar-refractivity contribution in [3.05, 3.63) is 35.4 Å². The zero-order valence-electron chi connectivity index (χ0n) is 7.66. The van der Waals surface area contributed by atoms with E-state index in [0.29, 0.717) is 6.04 Å². The fourth-order valence-electron chi connectivity index (χ4n) is 1.97. The Kier molecular flexibility index (Phi) is 2.62. The first-order valence-electron chi connectivity index (χ1n) is 4.84. The Hall–Kier alpha value is -0.860. The molecule has 1 aromatic carbocycles. The van der Waals surface area contributed by atoms with Crippen LogP contribution in [-0.4, -0.2) is 11.7 Å². The van der Waals surface area contributed by atoms with Gasteiger partial charge in [-0.25, -0.2) is 0 Å². The van der Waals surface area contributed by atoms with E-state index in [0.717, 1.165) is 12.1 Å². The Labute approximate surface area is 78.6 Å². The normalized spacial score (nSPS) is 22.1. The molecular weight excluding hydrogens is 162 g/mol. The fraction of sp³-hybridized carbons (Fsp3) is 0.455. The minimum Gasteiger partial charge on any atom is -0.392 e. The molecule has 13 heavy (non-hydrogen) atoms. The lowest BCUT2D eigenvalue weighted by atomic mass is 10.00. The number of benzene rings is 1. The van der Waals surface area contributed by atoms with E-state index in [-0.39, 0.29) is 6.61 Å². The minimum absolute atomic E-state index is 0.147. The van der Waals surface area contributed by atoms with Gasteiger partial charge < -0.3 is 10.4 Å². The molecule has 1 aromatic rings. The molecule has 1 heterocycles. The molecule has 2 rings (SSSR count). The van der Waals surface area contributed by atoms with Gasteiger partial charge in [-0.2, -0.15) is 0 Å². The van der Waals surface area contributed by atoms with Crippen molar-refractivity contribution in [2.75, 3.05) is 6.54 Å². The lowest BCUT2D eigenvalue weighted by Crippen LogP contribution is -2.14. The van der Waals surface area contributed by atoms with Crippen LogP contribution in [0.25, 0.3) is 0 Å². The predicted molar refractivity (Wildman–Crippen MR) is 52.3 cm³/mol. The molecule has 0 radical (unpaired) electrons. The predicted octanol–water partition coefficient (Wildman–Crippen LogP) is 1.60. The summed E-state index contributed by atoms with van der Waals surface area (Å²) >= 11 is 0. The van der Waals surface area contributed by atoms with E-state index in [9.17, 15) is 0 Å². The third kappa shape index (κ3) is 1.74. The molecule has 1 aliphatic rings. The molecule has 0 spiro atoms. The second-order valence-corrected chi connectivity index (χ2v) is 3.51. The van der Waals surface area contributed by atoms with Crippen LogP contribution in [0.5, 0.6) is 0 Å². The Bertz CT molecular complexity index is 279. The van der Waals surface area contributed by atoms with Crippen LogP contribution in [0.15, 0.2) is 24.3 Å². The second kappa shape index (κ2) is 3.90. The lowest BCUT2D eigenvalue weighted by molar-refractivity contribution is 0.279. The Morgan fingerprint density at radius 3 is 2.92 bits per heavy atom. The average Bonchev–Trinajstić information content (AvgIpc) is 2.70. The van der Waals surface area contributed by atoms with E-state index < -0.39 is 0 Å².